The summed E-state index contributed by atoms with van der Waals surface area (Å²) in [7, 11) is -2.19. The van der Waals surface area contributed by atoms with E-state index in [-0.39, 0.29) is 28.5 Å². The molecule has 11 heteroatoms. The molecule has 1 unspecified atom stereocenters. The van der Waals surface area contributed by atoms with Crippen molar-refractivity contribution in [2.45, 2.75) is 50.9 Å². The highest BCUT2D eigenvalue weighted by Gasteiger charge is 2.65. The Morgan fingerprint density at radius 2 is 1.92 bits per heavy atom. The second-order valence-electron chi connectivity index (χ2n) is 11.4. The molecule has 1 aromatic carbocycles. The van der Waals surface area contributed by atoms with Gasteiger partial charge in [0.05, 0.1) is 28.1 Å². The molecule has 8 nitrogen and oxygen atoms in total. The van der Waals surface area contributed by atoms with Crippen molar-refractivity contribution in [3.05, 3.63) is 77.3 Å². The van der Waals surface area contributed by atoms with Crippen LogP contribution in [0, 0.1) is 17.0 Å². The first kappa shape index (κ1) is 25.7. The van der Waals surface area contributed by atoms with Crippen LogP contribution in [-0.2, 0) is 14.9 Å². The maximum absolute atomic E-state index is 14.6. The van der Waals surface area contributed by atoms with Crippen LogP contribution in [0.15, 0.2) is 42.9 Å². The molecule has 0 N–H and O–H groups in total. The third-order valence-corrected chi connectivity index (χ3v) is 9.64. The predicted molar refractivity (Wildman–Crippen MR) is 145 cm³/mol. The topological polar surface area (TPSA) is 99.3 Å². The molecule has 0 saturated heterocycles. The zero-order valence-corrected chi connectivity index (χ0v) is 23.0. The van der Waals surface area contributed by atoms with Crippen LogP contribution < -0.4 is 0 Å². The van der Waals surface area contributed by atoms with Crippen LogP contribution in [0.1, 0.15) is 68.2 Å². The summed E-state index contributed by atoms with van der Waals surface area (Å²) in [4.78, 5) is 13.8. The van der Waals surface area contributed by atoms with Crippen LogP contribution in [0.25, 0.3) is 17.2 Å². The quantitative estimate of drug-likeness (QED) is 0.328. The molecule has 4 aromatic rings. The third-order valence-electron chi connectivity index (χ3n) is 8.44. The van der Waals surface area contributed by atoms with Crippen molar-refractivity contribution in [3.63, 3.8) is 0 Å². The Labute approximate surface area is 226 Å². The summed E-state index contributed by atoms with van der Waals surface area (Å²) in [6.07, 6.45) is 6.58. The largest absolute Gasteiger partial charge is 0.268 e. The fraction of sp³-hybridized carbons (Fsp3) is 0.393. The van der Waals surface area contributed by atoms with Crippen LogP contribution in [-0.4, -0.2) is 57.0 Å². The summed E-state index contributed by atoms with van der Waals surface area (Å²) >= 11 is 0. The monoisotopic (exact) mass is 549 g/mol. The van der Waals surface area contributed by atoms with E-state index in [0.717, 1.165) is 29.8 Å². The van der Waals surface area contributed by atoms with Gasteiger partial charge in [0, 0.05) is 24.1 Å². The van der Waals surface area contributed by atoms with Gasteiger partial charge in [0.15, 0.2) is 5.82 Å². The number of rotatable bonds is 6. The molecule has 6 rings (SSSR count). The number of hydrogen-bond acceptors (Lipinski definition) is 7. The van der Waals surface area contributed by atoms with Gasteiger partial charge in [-0.05, 0) is 69.4 Å². The molecule has 202 valence electrons. The smallest absolute Gasteiger partial charge is 0.252 e. The normalized spacial score (nSPS) is 23.4. The Morgan fingerprint density at radius 3 is 2.64 bits per heavy atom. The lowest BCUT2D eigenvalue weighted by molar-refractivity contribution is 0.242. The maximum atomic E-state index is 14.6. The van der Waals surface area contributed by atoms with Gasteiger partial charge in [0.2, 0.25) is 0 Å². The summed E-state index contributed by atoms with van der Waals surface area (Å²) in [6.45, 7) is 6.29. The van der Waals surface area contributed by atoms with Crippen molar-refractivity contribution >= 4 is 15.4 Å². The van der Waals surface area contributed by atoms with Crippen LogP contribution >= 0.6 is 0 Å². The molecular weight excluding hydrogens is 520 g/mol. The zero-order valence-electron chi connectivity index (χ0n) is 22.2. The average Bonchev–Trinajstić information content (AvgIpc) is 3.52. The van der Waals surface area contributed by atoms with Gasteiger partial charge in [-0.15, -0.1) is 10.2 Å². The van der Waals surface area contributed by atoms with E-state index in [1.807, 2.05) is 13.0 Å². The Bertz CT molecular complexity index is 1700. The van der Waals surface area contributed by atoms with E-state index in [4.69, 9.17) is 4.98 Å². The van der Waals surface area contributed by atoms with E-state index in [0.29, 0.717) is 17.5 Å². The molecule has 1 fully saturated rings. The summed E-state index contributed by atoms with van der Waals surface area (Å²) < 4.78 is 42.8. The minimum Gasteiger partial charge on any atom is -0.268 e. The molecule has 0 aliphatic heterocycles. The molecule has 3 heterocycles. The minimum absolute atomic E-state index is 0.125. The molecule has 4 atom stereocenters. The molecule has 0 amide bonds. The molecule has 3 aromatic heterocycles. The highest BCUT2D eigenvalue weighted by Crippen LogP contribution is 2.69. The molecule has 39 heavy (non-hydrogen) atoms. The Balaban J connectivity index is 1.42. The Morgan fingerprint density at radius 1 is 1.18 bits per heavy atom. The van der Waals surface area contributed by atoms with Gasteiger partial charge in [-0.1, -0.05) is 26.8 Å². The first-order chi connectivity index (χ1) is 18.4. The molecule has 2 aliphatic carbocycles. The number of benzene rings is 1. The summed E-state index contributed by atoms with van der Waals surface area (Å²) in [5.74, 6) is 3.68. The van der Waals surface area contributed by atoms with Gasteiger partial charge in [-0.3, -0.25) is 4.21 Å². The average molecular weight is 550 g/mol. The highest BCUT2D eigenvalue weighted by atomic mass is 32.2. The number of fused-ring (bicyclic) bond motifs is 5. The van der Waals surface area contributed by atoms with Crippen LogP contribution in [0.2, 0.25) is 0 Å². The molecule has 2 aliphatic rings. The standard InChI is InChI=1S/C28H29F2N7OS/c1-16(14-39(4,5)38)25-32-15-37(36-25)26-31-12-10-22(33-26)28-11-9-18(27(28,2)3)17-13-21(34-35-24(17)28)23-19(29)7-6-8-20(23)30/h6-8,10,12-13,15-16,18H,4,9,11,14H2,1-3,5H3/t16-,18+,28+,39?/m1/s1. The lowest BCUT2D eigenvalue weighted by atomic mass is 9.66. The highest BCUT2D eigenvalue weighted by molar-refractivity contribution is 7.99. The van der Waals surface area contributed by atoms with Gasteiger partial charge in [-0.2, -0.15) is 9.78 Å². The molecule has 2 bridgehead atoms. The Kier molecular flexibility index (Phi) is 5.73. The maximum Gasteiger partial charge on any atom is 0.252 e. The van der Waals surface area contributed by atoms with Gasteiger partial charge in [-0.25, -0.2) is 23.7 Å². The molecule has 0 radical (unpaired) electrons. The van der Waals surface area contributed by atoms with Gasteiger partial charge < -0.3 is 0 Å². The van der Waals surface area contributed by atoms with Crippen molar-refractivity contribution in [1.82, 2.24) is 34.9 Å². The lowest BCUT2D eigenvalue weighted by Gasteiger charge is -2.37. The molecule has 0 spiro atoms. The van der Waals surface area contributed by atoms with E-state index >= 15 is 0 Å². The van der Waals surface area contributed by atoms with E-state index in [2.05, 4.69) is 45.0 Å². The van der Waals surface area contributed by atoms with Crippen molar-refractivity contribution in [1.29, 1.82) is 0 Å². The van der Waals surface area contributed by atoms with Crippen molar-refractivity contribution in [2.75, 3.05) is 12.0 Å². The van der Waals surface area contributed by atoms with E-state index in [1.54, 1.807) is 24.8 Å². The molecular formula is C28H29F2N7OS. The van der Waals surface area contributed by atoms with Crippen molar-refractivity contribution < 1.29 is 13.0 Å². The second kappa shape index (κ2) is 8.70. The summed E-state index contributed by atoms with van der Waals surface area (Å²) in [6, 6.07) is 7.47. The Hall–Kier alpha value is -3.60. The van der Waals surface area contributed by atoms with E-state index < -0.39 is 26.6 Å². The summed E-state index contributed by atoms with van der Waals surface area (Å²) in [5, 5.41) is 13.5. The van der Waals surface area contributed by atoms with Gasteiger partial charge in [0.1, 0.15) is 18.0 Å². The number of hydrogen-bond donors (Lipinski definition) is 0. The first-order valence-electron chi connectivity index (χ1n) is 12.8. The van der Waals surface area contributed by atoms with Crippen LogP contribution in [0.5, 0.6) is 0 Å². The molecule has 1 saturated carbocycles. The minimum atomic E-state index is -2.19. The first-order valence-corrected chi connectivity index (χ1v) is 15.1. The number of nitrogens with zero attached hydrogens (tertiary/aromatic N) is 7. The van der Waals surface area contributed by atoms with Crippen LogP contribution in [0.3, 0.4) is 0 Å². The SMILES string of the molecule is C=S(C)(=O)C[C@@H](C)c1ncn(-c2nccc([C@@]34CC[C@@H](c5cc(-c6c(F)cccc6F)nnc53)C4(C)C)n2)n1. The lowest BCUT2D eigenvalue weighted by Crippen LogP contribution is -2.38. The van der Waals surface area contributed by atoms with Crippen LogP contribution in [0.4, 0.5) is 8.78 Å². The number of halogens is 2. The second-order valence-corrected chi connectivity index (χ2v) is 14.1. The number of aromatic nitrogens is 7. The van der Waals surface area contributed by atoms with E-state index in [1.165, 1.54) is 22.9 Å². The van der Waals surface area contributed by atoms with Crippen molar-refractivity contribution in [3.8, 4) is 17.2 Å². The fourth-order valence-electron chi connectivity index (χ4n) is 6.65. The third kappa shape index (κ3) is 3.89. The van der Waals surface area contributed by atoms with Gasteiger partial charge >= 0.3 is 0 Å². The van der Waals surface area contributed by atoms with Gasteiger partial charge in [0.25, 0.3) is 5.95 Å². The predicted octanol–water partition coefficient (Wildman–Crippen LogP) is 4.45. The van der Waals surface area contributed by atoms with E-state index in [9.17, 15) is 13.0 Å². The summed E-state index contributed by atoms with van der Waals surface area (Å²) in [5.41, 5.74) is 1.72. The zero-order chi connectivity index (χ0) is 27.7. The fourth-order valence-corrected chi connectivity index (χ4v) is 7.86. The van der Waals surface area contributed by atoms with Crippen molar-refractivity contribution in [2.24, 2.45) is 5.41 Å².